The lowest BCUT2D eigenvalue weighted by Crippen LogP contribution is -2.16. The van der Waals surface area contributed by atoms with E-state index in [9.17, 15) is 14.7 Å². The molecule has 1 saturated carbocycles. The highest BCUT2D eigenvalue weighted by Crippen LogP contribution is 2.35. The Bertz CT molecular complexity index is 565. The summed E-state index contributed by atoms with van der Waals surface area (Å²) in [4.78, 5) is 23.1. The first-order valence-electron chi connectivity index (χ1n) is 7.53. The number of hydrogen-bond donors (Lipinski definition) is 3. The smallest absolute Gasteiger partial charge is 0.233 e. The van der Waals surface area contributed by atoms with Gasteiger partial charge >= 0.3 is 0 Å². The summed E-state index contributed by atoms with van der Waals surface area (Å²) in [5.74, 6) is -0.0488. The van der Waals surface area contributed by atoms with Crippen molar-refractivity contribution in [1.29, 1.82) is 0 Å². The van der Waals surface area contributed by atoms with Crippen LogP contribution in [0, 0.1) is 5.92 Å². The minimum absolute atomic E-state index is 0.172. The Balaban J connectivity index is 1.78. The number of hydrogen-bond acceptors (Lipinski definition) is 3. The number of benzene rings is 1. The van der Waals surface area contributed by atoms with Crippen molar-refractivity contribution in [2.75, 3.05) is 10.6 Å². The first kappa shape index (κ1) is 14.1. The first-order chi connectivity index (χ1) is 10.1. The van der Waals surface area contributed by atoms with E-state index in [1.807, 2.05) is 6.07 Å². The molecule has 1 aromatic rings. The number of anilines is 2. The monoisotopic (exact) mass is 288 g/mol. The highest BCUT2D eigenvalue weighted by molar-refractivity contribution is 6.13. The fourth-order valence-corrected chi connectivity index (χ4v) is 3.21. The van der Waals surface area contributed by atoms with E-state index in [0.29, 0.717) is 17.3 Å². The number of nitrogens with one attached hydrogen (secondary N) is 2. The standard InChI is InChI=1S/C16H20N2O3/c19-14(7-10-3-1-2-4-10)11-5-6-12-13(8-11)18-16(21)9-15(20)17-12/h5-6,8,10,14,19H,1-4,7,9H2,(H,17,20)(H,18,21). The Hall–Kier alpha value is -1.88. The lowest BCUT2D eigenvalue weighted by atomic mass is 9.95. The van der Waals surface area contributed by atoms with Crippen molar-refractivity contribution in [2.24, 2.45) is 5.92 Å². The number of amides is 2. The SMILES string of the molecule is O=C1CC(=O)Nc2cc(C(O)CC3CCCC3)ccc2N1. The van der Waals surface area contributed by atoms with Crippen molar-refractivity contribution in [2.45, 2.75) is 44.6 Å². The van der Waals surface area contributed by atoms with Crippen molar-refractivity contribution < 1.29 is 14.7 Å². The van der Waals surface area contributed by atoms with Gasteiger partial charge in [0, 0.05) is 0 Å². The fourth-order valence-electron chi connectivity index (χ4n) is 3.21. The number of aliphatic hydroxyl groups excluding tert-OH is 1. The van der Waals surface area contributed by atoms with Crippen LogP contribution in [0.1, 0.15) is 50.2 Å². The summed E-state index contributed by atoms with van der Waals surface area (Å²) in [5, 5.41) is 15.8. The molecule has 1 aromatic carbocycles. The lowest BCUT2D eigenvalue weighted by molar-refractivity contribution is -0.123. The Morgan fingerprint density at radius 1 is 1.10 bits per heavy atom. The molecule has 1 aliphatic heterocycles. The van der Waals surface area contributed by atoms with Gasteiger partial charge in [0.1, 0.15) is 6.42 Å². The molecule has 1 aliphatic carbocycles. The second kappa shape index (κ2) is 5.85. The van der Waals surface area contributed by atoms with Gasteiger partial charge in [0.25, 0.3) is 0 Å². The largest absolute Gasteiger partial charge is 0.388 e. The van der Waals surface area contributed by atoms with Gasteiger partial charge < -0.3 is 15.7 Å². The molecule has 1 fully saturated rings. The Morgan fingerprint density at radius 3 is 2.48 bits per heavy atom. The number of carbonyl (C=O) groups excluding carboxylic acids is 2. The van der Waals surface area contributed by atoms with Crippen LogP contribution in [0.25, 0.3) is 0 Å². The molecule has 1 unspecified atom stereocenters. The van der Waals surface area contributed by atoms with Crippen molar-refractivity contribution in [3.05, 3.63) is 23.8 Å². The van der Waals surface area contributed by atoms with E-state index < -0.39 is 6.10 Å². The molecule has 5 heteroatoms. The molecule has 112 valence electrons. The van der Waals surface area contributed by atoms with Gasteiger partial charge in [-0.05, 0) is 30.0 Å². The maximum absolute atomic E-state index is 11.6. The van der Waals surface area contributed by atoms with E-state index in [1.54, 1.807) is 12.1 Å². The minimum Gasteiger partial charge on any atom is -0.388 e. The molecule has 0 radical (unpaired) electrons. The van der Waals surface area contributed by atoms with Crippen LogP contribution < -0.4 is 10.6 Å². The molecule has 1 atom stereocenters. The van der Waals surface area contributed by atoms with E-state index in [0.717, 1.165) is 12.0 Å². The molecule has 3 rings (SSSR count). The first-order valence-corrected chi connectivity index (χ1v) is 7.53. The van der Waals surface area contributed by atoms with Crippen molar-refractivity contribution in [3.8, 4) is 0 Å². The number of rotatable bonds is 3. The minimum atomic E-state index is -0.519. The summed E-state index contributed by atoms with van der Waals surface area (Å²) in [6.45, 7) is 0. The highest BCUT2D eigenvalue weighted by atomic mass is 16.3. The zero-order valence-corrected chi connectivity index (χ0v) is 11.9. The maximum atomic E-state index is 11.6. The van der Waals surface area contributed by atoms with Gasteiger partial charge in [-0.1, -0.05) is 31.7 Å². The molecule has 0 spiro atoms. The van der Waals surface area contributed by atoms with Gasteiger partial charge in [-0.15, -0.1) is 0 Å². The average molecular weight is 288 g/mol. The van der Waals surface area contributed by atoms with Crippen molar-refractivity contribution in [3.63, 3.8) is 0 Å². The molecule has 21 heavy (non-hydrogen) atoms. The second-order valence-corrected chi connectivity index (χ2v) is 5.98. The van der Waals surface area contributed by atoms with Crippen LogP contribution in [-0.2, 0) is 9.59 Å². The third kappa shape index (κ3) is 3.24. The zero-order chi connectivity index (χ0) is 14.8. The van der Waals surface area contributed by atoms with Gasteiger partial charge in [-0.25, -0.2) is 0 Å². The van der Waals surface area contributed by atoms with E-state index in [4.69, 9.17) is 0 Å². The number of fused-ring (bicyclic) bond motifs is 1. The van der Waals surface area contributed by atoms with Crippen LogP contribution in [0.4, 0.5) is 11.4 Å². The van der Waals surface area contributed by atoms with Crippen molar-refractivity contribution in [1.82, 2.24) is 0 Å². The molecule has 2 aliphatic rings. The summed E-state index contributed by atoms with van der Waals surface area (Å²) in [7, 11) is 0. The second-order valence-electron chi connectivity index (χ2n) is 5.98. The van der Waals surface area contributed by atoms with Gasteiger partial charge in [-0.3, -0.25) is 9.59 Å². The fraction of sp³-hybridized carbons (Fsp3) is 0.500. The summed E-state index contributed by atoms with van der Waals surface area (Å²) >= 11 is 0. The van der Waals surface area contributed by atoms with Crippen molar-refractivity contribution >= 4 is 23.2 Å². The molecule has 0 aromatic heterocycles. The van der Waals surface area contributed by atoms with Crippen LogP contribution in [-0.4, -0.2) is 16.9 Å². The molecule has 0 bridgehead atoms. The van der Waals surface area contributed by atoms with Crippen LogP contribution in [0.5, 0.6) is 0 Å². The molecule has 5 nitrogen and oxygen atoms in total. The van der Waals surface area contributed by atoms with E-state index in [2.05, 4.69) is 10.6 Å². The van der Waals surface area contributed by atoms with Gasteiger partial charge in [-0.2, -0.15) is 0 Å². The van der Waals surface area contributed by atoms with E-state index >= 15 is 0 Å². The summed E-state index contributed by atoms with van der Waals surface area (Å²) in [6, 6.07) is 5.32. The molecule has 2 amide bonds. The predicted octanol–water partition coefficient (Wildman–Crippen LogP) is 2.58. The number of aliphatic hydroxyl groups is 1. The summed E-state index contributed by atoms with van der Waals surface area (Å²) in [5.41, 5.74) is 1.94. The topological polar surface area (TPSA) is 78.4 Å². The van der Waals surface area contributed by atoms with E-state index in [-0.39, 0.29) is 18.2 Å². The molecule has 1 heterocycles. The van der Waals surface area contributed by atoms with Crippen LogP contribution in [0.2, 0.25) is 0 Å². The quantitative estimate of drug-likeness (QED) is 0.748. The molecule has 0 saturated heterocycles. The highest BCUT2D eigenvalue weighted by Gasteiger charge is 2.22. The van der Waals surface area contributed by atoms with Crippen LogP contribution in [0.15, 0.2) is 18.2 Å². The average Bonchev–Trinajstić information content (AvgIpc) is 2.87. The Morgan fingerprint density at radius 2 is 1.76 bits per heavy atom. The summed E-state index contributed by atoms with van der Waals surface area (Å²) in [6.07, 6.45) is 4.96. The lowest BCUT2D eigenvalue weighted by Gasteiger charge is -2.17. The zero-order valence-electron chi connectivity index (χ0n) is 11.9. The summed E-state index contributed by atoms with van der Waals surface area (Å²) < 4.78 is 0. The van der Waals surface area contributed by atoms with E-state index in [1.165, 1.54) is 25.7 Å². The Labute approximate surface area is 123 Å². The number of carbonyl (C=O) groups is 2. The normalized spacial score (nSPS) is 20.4. The maximum Gasteiger partial charge on any atom is 0.233 e. The van der Waals surface area contributed by atoms with Gasteiger partial charge in [0.2, 0.25) is 11.8 Å². The third-order valence-corrected chi connectivity index (χ3v) is 4.33. The molecular formula is C16H20N2O3. The molecule has 3 N–H and O–H groups in total. The predicted molar refractivity (Wildman–Crippen MR) is 79.9 cm³/mol. The van der Waals surface area contributed by atoms with Crippen LogP contribution >= 0.6 is 0 Å². The molecular weight excluding hydrogens is 268 g/mol. The van der Waals surface area contributed by atoms with Gasteiger partial charge in [0.15, 0.2) is 0 Å². The van der Waals surface area contributed by atoms with Crippen LogP contribution in [0.3, 0.4) is 0 Å². The third-order valence-electron chi connectivity index (χ3n) is 4.33. The Kier molecular flexibility index (Phi) is 3.92. The van der Waals surface area contributed by atoms with Gasteiger partial charge in [0.05, 0.1) is 17.5 Å².